The van der Waals surface area contributed by atoms with E-state index in [9.17, 15) is 14.4 Å². The first-order valence-electron chi connectivity index (χ1n) is 9.54. The zero-order valence-electron chi connectivity index (χ0n) is 16.9. The third kappa shape index (κ3) is 4.24. The Morgan fingerprint density at radius 2 is 1.77 bits per heavy atom. The number of anilines is 1. The van der Waals surface area contributed by atoms with Gasteiger partial charge in [0, 0.05) is 22.7 Å². The van der Waals surface area contributed by atoms with Crippen LogP contribution in [0.15, 0.2) is 64.8 Å². The molecule has 156 valence electrons. The van der Waals surface area contributed by atoms with Gasteiger partial charge in [0.15, 0.2) is 4.96 Å². The number of para-hydroxylation sites is 1. The Morgan fingerprint density at radius 1 is 1.06 bits per heavy atom. The van der Waals surface area contributed by atoms with Crippen LogP contribution in [-0.4, -0.2) is 21.3 Å². The van der Waals surface area contributed by atoms with E-state index < -0.39 is 5.97 Å². The van der Waals surface area contributed by atoms with Crippen LogP contribution >= 0.6 is 11.3 Å². The lowest BCUT2D eigenvalue weighted by molar-refractivity contribution is 0.0469. The van der Waals surface area contributed by atoms with E-state index >= 15 is 0 Å². The van der Waals surface area contributed by atoms with Gasteiger partial charge in [0.05, 0.1) is 16.9 Å². The number of nitrogens with one attached hydrogen (secondary N) is 1. The molecule has 0 saturated heterocycles. The van der Waals surface area contributed by atoms with Gasteiger partial charge in [0.1, 0.15) is 6.61 Å². The monoisotopic (exact) mass is 433 g/mol. The second-order valence-electron chi connectivity index (χ2n) is 6.97. The second kappa shape index (κ2) is 8.53. The molecular formula is C23H19N3O4S. The molecule has 1 amide bonds. The molecule has 2 aromatic carbocycles. The van der Waals surface area contributed by atoms with Crippen LogP contribution < -0.4 is 10.9 Å². The summed E-state index contributed by atoms with van der Waals surface area (Å²) >= 11 is 1.35. The second-order valence-corrected chi connectivity index (χ2v) is 7.81. The molecule has 2 heterocycles. The molecule has 31 heavy (non-hydrogen) atoms. The van der Waals surface area contributed by atoms with Gasteiger partial charge in [-0.3, -0.25) is 14.0 Å². The average molecular weight is 433 g/mol. The van der Waals surface area contributed by atoms with Crippen molar-refractivity contribution in [2.24, 2.45) is 0 Å². The largest absolute Gasteiger partial charge is 0.456 e. The molecule has 0 bridgehead atoms. The smallest absolute Gasteiger partial charge is 0.340 e. The van der Waals surface area contributed by atoms with E-state index in [-0.39, 0.29) is 23.6 Å². The molecule has 0 saturated carbocycles. The van der Waals surface area contributed by atoms with E-state index in [0.29, 0.717) is 21.9 Å². The number of ether oxygens (including phenoxy) is 1. The van der Waals surface area contributed by atoms with E-state index in [0.717, 1.165) is 11.3 Å². The summed E-state index contributed by atoms with van der Waals surface area (Å²) in [5.74, 6) is -0.934. The predicted molar refractivity (Wildman–Crippen MR) is 119 cm³/mol. The third-order valence-corrected chi connectivity index (χ3v) is 5.71. The summed E-state index contributed by atoms with van der Waals surface area (Å²) in [7, 11) is 0. The summed E-state index contributed by atoms with van der Waals surface area (Å²) in [4.78, 5) is 42.5. The SMILES string of the molecule is Cc1ccccc1C(=O)Nc1ccccc1C(=O)OCc1cc(=O)n2c(C)csc2n1. The van der Waals surface area contributed by atoms with Crippen molar-refractivity contribution in [3.05, 3.63) is 98.4 Å². The van der Waals surface area contributed by atoms with Gasteiger partial charge >= 0.3 is 5.97 Å². The van der Waals surface area contributed by atoms with Gasteiger partial charge in [-0.1, -0.05) is 30.3 Å². The fourth-order valence-corrected chi connectivity index (χ4v) is 4.07. The van der Waals surface area contributed by atoms with Crippen molar-refractivity contribution >= 4 is 33.9 Å². The molecule has 0 fully saturated rings. The zero-order valence-corrected chi connectivity index (χ0v) is 17.7. The van der Waals surface area contributed by atoms with Crippen molar-refractivity contribution in [2.75, 3.05) is 5.32 Å². The summed E-state index contributed by atoms with van der Waals surface area (Å²) in [5.41, 5.74) is 2.86. The normalized spacial score (nSPS) is 10.8. The highest BCUT2D eigenvalue weighted by Crippen LogP contribution is 2.19. The molecular weight excluding hydrogens is 414 g/mol. The van der Waals surface area contributed by atoms with Crippen LogP contribution in [0.4, 0.5) is 5.69 Å². The average Bonchev–Trinajstić information content (AvgIpc) is 3.14. The molecule has 0 aliphatic heterocycles. The summed E-state index contributed by atoms with van der Waals surface area (Å²) in [6.07, 6.45) is 0. The topological polar surface area (TPSA) is 89.8 Å². The van der Waals surface area contributed by atoms with Crippen molar-refractivity contribution in [3.8, 4) is 0 Å². The maximum absolute atomic E-state index is 12.7. The van der Waals surface area contributed by atoms with Crippen molar-refractivity contribution in [1.29, 1.82) is 0 Å². The van der Waals surface area contributed by atoms with E-state index in [1.54, 1.807) is 36.4 Å². The van der Waals surface area contributed by atoms with Gasteiger partial charge in [-0.15, -0.1) is 11.3 Å². The lowest BCUT2D eigenvalue weighted by Gasteiger charge is -2.12. The minimum atomic E-state index is -0.620. The lowest BCUT2D eigenvalue weighted by Crippen LogP contribution is -2.18. The number of carbonyl (C=O) groups is 2. The minimum absolute atomic E-state index is 0.151. The molecule has 0 spiro atoms. The molecule has 4 aromatic rings. The highest BCUT2D eigenvalue weighted by molar-refractivity contribution is 7.15. The van der Waals surface area contributed by atoms with Gasteiger partial charge < -0.3 is 10.1 Å². The number of fused-ring (bicyclic) bond motifs is 1. The quantitative estimate of drug-likeness (QED) is 0.481. The van der Waals surface area contributed by atoms with Crippen molar-refractivity contribution in [2.45, 2.75) is 20.5 Å². The highest BCUT2D eigenvalue weighted by atomic mass is 32.1. The first-order valence-corrected chi connectivity index (χ1v) is 10.4. The van der Waals surface area contributed by atoms with Crippen molar-refractivity contribution in [3.63, 3.8) is 0 Å². The number of benzene rings is 2. The van der Waals surface area contributed by atoms with Crippen LogP contribution in [0.1, 0.15) is 37.7 Å². The number of rotatable bonds is 5. The molecule has 0 atom stereocenters. The van der Waals surface area contributed by atoms with Gasteiger partial charge in [0.2, 0.25) is 0 Å². The van der Waals surface area contributed by atoms with Crippen LogP contribution in [0.2, 0.25) is 0 Å². The Labute approximate surface area is 182 Å². The number of thiazole rings is 1. The van der Waals surface area contributed by atoms with E-state index in [1.165, 1.54) is 21.8 Å². The highest BCUT2D eigenvalue weighted by Gasteiger charge is 2.17. The first-order chi connectivity index (χ1) is 14.9. The Kier molecular flexibility index (Phi) is 5.64. The zero-order chi connectivity index (χ0) is 22.0. The molecule has 0 aliphatic carbocycles. The Bertz CT molecular complexity index is 1360. The van der Waals surface area contributed by atoms with Crippen LogP contribution in [0.3, 0.4) is 0 Å². The van der Waals surface area contributed by atoms with Crippen molar-refractivity contribution < 1.29 is 14.3 Å². The third-order valence-electron chi connectivity index (χ3n) is 4.76. The van der Waals surface area contributed by atoms with E-state index in [4.69, 9.17) is 4.74 Å². The number of nitrogens with zero attached hydrogens (tertiary/aromatic N) is 2. The molecule has 1 N–H and O–H groups in total. The maximum Gasteiger partial charge on any atom is 0.340 e. The fourth-order valence-electron chi connectivity index (χ4n) is 3.18. The fraction of sp³-hybridized carbons (Fsp3) is 0.130. The van der Waals surface area contributed by atoms with Gasteiger partial charge in [-0.25, -0.2) is 9.78 Å². The number of aryl methyl sites for hydroxylation is 2. The summed E-state index contributed by atoms with van der Waals surface area (Å²) in [5, 5.41) is 4.62. The molecule has 7 nitrogen and oxygen atoms in total. The van der Waals surface area contributed by atoms with Crippen LogP contribution in [-0.2, 0) is 11.3 Å². The number of hydrogen-bond acceptors (Lipinski definition) is 6. The van der Waals surface area contributed by atoms with Gasteiger partial charge in [-0.05, 0) is 37.6 Å². The Hall–Kier alpha value is -3.78. The molecule has 4 rings (SSSR count). The van der Waals surface area contributed by atoms with Crippen LogP contribution in [0.5, 0.6) is 0 Å². The Balaban J connectivity index is 1.51. The molecule has 0 radical (unpaired) electrons. The van der Waals surface area contributed by atoms with E-state index in [2.05, 4.69) is 10.3 Å². The molecule has 0 unspecified atom stereocenters. The van der Waals surface area contributed by atoms with Crippen LogP contribution in [0, 0.1) is 13.8 Å². The van der Waals surface area contributed by atoms with Crippen molar-refractivity contribution in [1.82, 2.24) is 9.38 Å². The molecule has 0 aliphatic rings. The number of carbonyl (C=O) groups excluding carboxylic acids is 2. The summed E-state index contributed by atoms with van der Waals surface area (Å²) in [6, 6.07) is 15.2. The maximum atomic E-state index is 12.7. The Morgan fingerprint density at radius 3 is 2.55 bits per heavy atom. The van der Waals surface area contributed by atoms with Gasteiger partial charge in [0.25, 0.3) is 11.5 Å². The number of amides is 1. The predicted octanol–water partition coefficient (Wildman–Crippen LogP) is 3.98. The summed E-state index contributed by atoms with van der Waals surface area (Å²) < 4.78 is 6.89. The molecule has 8 heteroatoms. The first kappa shape index (κ1) is 20.5. The van der Waals surface area contributed by atoms with Crippen LogP contribution in [0.25, 0.3) is 4.96 Å². The number of esters is 1. The van der Waals surface area contributed by atoms with E-state index in [1.807, 2.05) is 31.4 Å². The molecule has 2 aromatic heterocycles. The van der Waals surface area contributed by atoms with Gasteiger partial charge in [-0.2, -0.15) is 0 Å². The number of hydrogen-bond donors (Lipinski definition) is 1. The minimum Gasteiger partial charge on any atom is -0.456 e. The summed E-state index contributed by atoms with van der Waals surface area (Å²) in [6.45, 7) is 3.52. The number of aromatic nitrogens is 2. The lowest BCUT2D eigenvalue weighted by atomic mass is 10.1. The standard InChI is InChI=1S/C23H19N3O4S/c1-14-7-3-4-8-17(14)21(28)25-19-10-6-5-9-18(19)22(29)30-12-16-11-20(27)26-15(2)13-31-23(26)24-16/h3-11,13H,12H2,1-2H3,(H,25,28).